The van der Waals surface area contributed by atoms with Crippen LogP contribution < -0.4 is 0 Å². The molecule has 1 aromatic carbocycles. The number of hydrogen-bond acceptors (Lipinski definition) is 2. The average molecular weight is 250 g/mol. The third-order valence-electron chi connectivity index (χ3n) is 2.81. The number of benzene rings is 1. The lowest BCUT2D eigenvalue weighted by atomic mass is 10.2. The molecule has 0 saturated carbocycles. The van der Waals surface area contributed by atoms with Crippen molar-refractivity contribution in [1.82, 2.24) is 9.78 Å². The summed E-state index contributed by atoms with van der Waals surface area (Å²) in [6.45, 7) is 0.659. The van der Waals surface area contributed by atoms with Gasteiger partial charge < -0.3 is 4.42 Å². The Morgan fingerprint density at radius 1 is 1.00 bits per heavy atom. The summed E-state index contributed by atoms with van der Waals surface area (Å²) in [7, 11) is 0. The van der Waals surface area contributed by atoms with E-state index in [9.17, 15) is 0 Å². The third kappa shape index (κ3) is 3.01. The Morgan fingerprint density at radius 3 is 2.68 bits per heavy atom. The van der Waals surface area contributed by atoms with Crippen LogP contribution >= 0.6 is 0 Å². The molecule has 0 N–H and O–H groups in total. The summed E-state index contributed by atoms with van der Waals surface area (Å²) in [5.74, 6) is 0.904. The maximum absolute atomic E-state index is 5.30. The molecule has 3 aromatic rings. The highest BCUT2D eigenvalue weighted by Gasteiger charge is 1.99. The summed E-state index contributed by atoms with van der Waals surface area (Å²) in [5, 5.41) is 4.47. The Kier molecular flexibility index (Phi) is 3.28. The molecule has 0 aliphatic rings. The minimum absolute atomic E-state index is 0.659. The molecule has 3 heteroatoms. The van der Waals surface area contributed by atoms with E-state index in [1.54, 1.807) is 6.26 Å². The van der Waals surface area contributed by atoms with Crippen LogP contribution in [0.2, 0.25) is 0 Å². The van der Waals surface area contributed by atoms with E-state index in [2.05, 4.69) is 23.3 Å². The highest BCUT2D eigenvalue weighted by molar-refractivity contribution is 5.67. The van der Waals surface area contributed by atoms with Crippen molar-refractivity contribution in [2.24, 2.45) is 0 Å². The van der Waals surface area contributed by atoms with Gasteiger partial charge in [-0.05, 0) is 29.8 Å². The van der Waals surface area contributed by atoms with Gasteiger partial charge in [0, 0.05) is 6.20 Å². The van der Waals surface area contributed by atoms with Crippen molar-refractivity contribution in [3.8, 4) is 0 Å². The molecule has 19 heavy (non-hydrogen) atoms. The maximum Gasteiger partial charge on any atom is 0.125 e. The molecular formula is C16H14N2O. The van der Waals surface area contributed by atoms with Crippen LogP contribution in [0.5, 0.6) is 0 Å². The smallest absolute Gasteiger partial charge is 0.125 e. The minimum Gasteiger partial charge on any atom is -0.467 e. The van der Waals surface area contributed by atoms with Gasteiger partial charge in [0.1, 0.15) is 5.76 Å². The second-order valence-corrected chi connectivity index (χ2v) is 4.26. The van der Waals surface area contributed by atoms with E-state index < -0.39 is 0 Å². The molecule has 0 aliphatic carbocycles. The van der Waals surface area contributed by atoms with E-state index in [0.717, 1.165) is 11.5 Å². The van der Waals surface area contributed by atoms with E-state index in [1.807, 2.05) is 53.4 Å². The fraction of sp³-hybridized carbons (Fsp3) is 0.0625. The summed E-state index contributed by atoms with van der Waals surface area (Å²) >= 11 is 0. The van der Waals surface area contributed by atoms with Crippen LogP contribution in [0, 0.1) is 0 Å². The van der Waals surface area contributed by atoms with E-state index in [1.165, 1.54) is 5.56 Å². The topological polar surface area (TPSA) is 31.0 Å². The van der Waals surface area contributed by atoms with Crippen LogP contribution in [0.25, 0.3) is 12.2 Å². The van der Waals surface area contributed by atoms with Gasteiger partial charge in [0.2, 0.25) is 0 Å². The van der Waals surface area contributed by atoms with Gasteiger partial charge in [-0.2, -0.15) is 5.10 Å². The fourth-order valence-electron chi connectivity index (χ4n) is 1.86. The summed E-state index contributed by atoms with van der Waals surface area (Å²) in [6.07, 6.45) is 7.69. The molecule has 0 unspecified atom stereocenters. The predicted molar refractivity (Wildman–Crippen MR) is 75.4 cm³/mol. The van der Waals surface area contributed by atoms with Gasteiger partial charge in [0.05, 0.1) is 18.5 Å². The molecular weight excluding hydrogens is 236 g/mol. The van der Waals surface area contributed by atoms with Crippen LogP contribution in [0.3, 0.4) is 0 Å². The quantitative estimate of drug-likeness (QED) is 0.707. The van der Waals surface area contributed by atoms with E-state index in [4.69, 9.17) is 4.42 Å². The molecule has 0 spiro atoms. The second-order valence-electron chi connectivity index (χ2n) is 4.26. The van der Waals surface area contributed by atoms with Crippen LogP contribution in [0.15, 0.2) is 65.4 Å². The summed E-state index contributed by atoms with van der Waals surface area (Å²) < 4.78 is 7.16. The molecule has 0 saturated heterocycles. The summed E-state index contributed by atoms with van der Waals surface area (Å²) in [6, 6.07) is 16.0. The van der Waals surface area contributed by atoms with Crippen LogP contribution in [-0.4, -0.2) is 9.78 Å². The highest BCUT2D eigenvalue weighted by Crippen LogP contribution is 2.08. The molecule has 3 nitrogen and oxygen atoms in total. The van der Waals surface area contributed by atoms with Gasteiger partial charge in [-0.3, -0.25) is 4.68 Å². The van der Waals surface area contributed by atoms with Gasteiger partial charge in [-0.25, -0.2) is 0 Å². The van der Waals surface area contributed by atoms with Crippen molar-refractivity contribution in [3.63, 3.8) is 0 Å². The lowest BCUT2D eigenvalue weighted by Crippen LogP contribution is -1.98. The molecule has 0 radical (unpaired) electrons. The normalized spacial score (nSPS) is 11.2. The van der Waals surface area contributed by atoms with Gasteiger partial charge in [0.25, 0.3) is 0 Å². The van der Waals surface area contributed by atoms with Crippen LogP contribution in [-0.2, 0) is 6.54 Å². The maximum atomic E-state index is 5.30. The first-order chi connectivity index (χ1) is 9.40. The third-order valence-corrected chi connectivity index (χ3v) is 2.81. The summed E-state index contributed by atoms with van der Waals surface area (Å²) in [5.41, 5.74) is 2.11. The lowest BCUT2D eigenvalue weighted by Gasteiger charge is -1.96. The van der Waals surface area contributed by atoms with Crippen molar-refractivity contribution in [2.45, 2.75) is 6.54 Å². The van der Waals surface area contributed by atoms with Crippen LogP contribution in [0.1, 0.15) is 17.0 Å². The number of nitrogens with zero attached hydrogens (tertiary/aromatic N) is 2. The minimum atomic E-state index is 0.659. The Bertz CT molecular complexity index is 651. The summed E-state index contributed by atoms with van der Waals surface area (Å²) in [4.78, 5) is 0. The zero-order chi connectivity index (χ0) is 12.9. The largest absolute Gasteiger partial charge is 0.467 e. The molecule has 0 aliphatic heterocycles. The Balaban J connectivity index is 1.70. The van der Waals surface area contributed by atoms with Crippen molar-refractivity contribution >= 4 is 12.2 Å². The van der Waals surface area contributed by atoms with Crippen molar-refractivity contribution in [3.05, 3.63) is 78.0 Å². The first-order valence-corrected chi connectivity index (χ1v) is 6.19. The monoisotopic (exact) mass is 250 g/mol. The standard InChI is InChI=1S/C16H14N2O/c1-2-5-14(6-3-1)8-9-15-10-11-18(17-15)13-16-7-4-12-19-16/h1-12H,13H2. The molecule has 0 fully saturated rings. The van der Waals surface area contributed by atoms with E-state index in [-0.39, 0.29) is 0 Å². The van der Waals surface area contributed by atoms with E-state index >= 15 is 0 Å². The zero-order valence-corrected chi connectivity index (χ0v) is 10.4. The molecule has 94 valence electrons. The zero-order valence-electron chi connectivity index (χ0n) is 10.4. The lowest BCUT2D eigenvalue weighted by molar-refractivity contribution is 0.480. The molecule has 0 bridgehead atoms. The number of rotatable bonds is 4. The number of aromatic nitrogens is 2. The fourth-order valence-corrected chi connectivity index (χ4v) is 1.86. The van der Waals surface area contributed by atoms with Crippen molar-refractivity contribution in [1.29, 1.82) is 0 Å². The first kappa shape index (κ1) is 11.5. The molecule has 0 atom stereocenters. The Morgan fingerprint density at radius 2 is 1.89 bits per heavy atom. The first-order valence-electron chi connectivity index (χ1n) is 6.19. The van der Waals surface area contributed by atoms with Gasteiger partial charge in [-0.15, -0.1) is 0 Å². The SMILES string of the molecule is C(=Cc1ccn(Cc2ccco2)n1)c1ccccc1. The number of furan rings is 1. The molecule has 3 rings (SSSR count). The molecule has 0 amide bonds. The Hall–Kier alpha value is -2.55. The Labute approximate surface area is 111 Å². The molecule has 2 aromatic heterocycles. The second kappa shape index (κ2) is 5.40. The molecule has 2 heterocycles. The predicted octanol–water partition coefficient (Wildman–Crippen LogP) is 3.69. The number of hydrogen-bond donors (Lipinski definition) is 0. The van der Waals surface area contributed by atoms with Gasteiger partial charge in [0.15, 0.2) is 0 Å². The van der Waals surface area contributed by atoms with Crippen molar-refractivity contribution < 1.29 is 4.42 Å². The highest BCUT2D eigenvalue weighted by atomic mass is 16.3. The van der Waals surface area contributed by atoms with Crippen LogP contribution in [0.4, 0.5) is 0 Å². The average Bonchev–Trinajstić information content (AvgIpc) is 3.10. The van der Waals surface area contributed by atoms with E-state index in [0.29, 0.717) is 6.54 Å². The van der Waals surface area contributed by atoms with Gasteiger partial charge >= 0.3 is 0 Å². The van der Waals surface area contributed by atoms with Crippen molar-refractivity contribution in [2.75, 3.05) is 0 Å². The van der Waals surface area contributed by atoms with Gasteiger partial charge in [-0.1, -0.05) is 36.4 Å².